The summed E-state index contributed by atoms with van der Waals surface area (Å²) < 4.78 is 57.0. The number of amides is 6. The predicted molar refractivity (Wildman–Crippen MR) is 238 cm³/mol. The molecule has 22 heteroatoms. The van der Waals surface area contributed by atoms with Gasteiger partial charge in [0, 0.05) is 76.6 Å². The molecule has 0 bridgehead atoms. The molecule has 3 aromatic rings. The number of anilines is 5. The van der Waals surface area contributed by atoms with Crippen molar-refractivity contribution >= 4 is 64.3 Å². The third-order valence-corrected chi connectivity index (χ3v) is 12.9. The van der Waals surface area contributed by atoms with E-state index in [9.17, 15) is 28.8 Å². The summed E-state index contributed by atoms with van der Waals surface area (Å²) in [5.74, 6) is -8.35. The molecule has 5 heterocycles. The second kappa shape index (κ2) is 20.2. The summed E-state index contributed by atoms with van der Waals surface area (Å²) in [4.78, 5) is 90.7. The molecule has 5 aliphatic rings. The second-order valence-electron chi connectivity index (χ2n) is 17.2. The van der Waals surface area contributed by atoms with Gasteiger partial charge in [-0.15, -0.1) is 0 Å². The van der Waals surface area contributed by atoms with Crippen LogP contribution in [0.5, 0.6) is 5.75 Å². The first kappa shape index (κ1) is 47.1. The summed E-state index contributed by atoms with van der Waals surface area (Å²) in [5, 5.41) is 14.5. The van der Waals surface area contributed by atoms with Crippen molar-refractivity contribution in [2.24, 2.45) is 0 Å². The van der Waals surface area contributed by atoms with Gasteiger partial charge >= 0.3 is 5.92 Å². The smallest absolute Gasteiger partial charge is 0.342 e. The molecule has 2 saturated heterocycles. The Morgan fingerprint density at radius 3 is 2.48 bits per heavy atom. The highest BCUT2D eigenvalue weighted by atomic mass is 19.3. The Hall–Kier alpha value is -6.39. The third-order valence-electron chi connectivity index (χ3n) is 12.9. The number of fused-ring (bicyclic) bond motifs is 2. The van der Waals surface area contributed by atoms with Crippen molar-refractivity contribution in [2.45, 2.75) is 75.4 Å². The molecule has 5 N–H and O–H groups in total. The molecule has 4 aliphatic heterocycles. The lowest BCUT2D eigenvalue weighted by atomic mass is 10.0. The molecule has 1 unspecified atom stereocenters. The van der Waals surface area contributed by atoms with E-state index in [2.05, 4.69) is 41.5 Å². The number of rotatable bonds is 17. The number of aromatic nitrogens is 2. The minimum absolute atomic E-state index is 0.0299. The fourth-order valence-corrected chi connectivity index (χ4v) is 9.30. The average molecular weight is 934 g/mol. The number of piperidine rings is 2. The summed E-state index contributed by atoms with van der Waals surface area (Å²) >= 11 is 0. The maximum absolute atomic E-state index is 15.6. The van der Waals surface area contributed by atoms with Crippen molar-refractivity contribution in [3.8, 4) is 5.75 Å². The van der Waals surface area contributed by atoms with Crippen LogP contribution in [0.1, 0.15) is 82.4 Å². The number of ether oxygens (including phenoxy) is 2. The zero-order valence-electron chi connectivity index (χ0n) is 37.3. The fraction of sp³-hybridized carbons (Fsp3) is 0.511. The van der Waals surface area contributed by atoms with E-state index in [-0.39, 0.29) is 70.5 Å². The van der Waals surface area contributed by atoms with E-state index >= 15 is 13.2 Å². The van der Waals surface area contributed by atoms with Gasteiger partial charge in [0.25, 0.3) is 23.6 Å². The number of halogens is 3. The summed E-state index contributed by atoms with van der Waals surface area (Å²) in [6, 6.07) is 5.85. The number of likely N-dealkylation sites (tertiary alicyclic amines) is 1. The Labute approximate surface area is 384 Å². The number of alkyl halides is 2. The largest absolute Gasteiger partial charge is 0.495 e. The Morgan fingerprint density at radius 2 is 1.73 bits per heavy atom. The highest BCUT2D eigenvalue weighted by Crippen LogP contribution is 2.40. The van der Waals surface area contributed by atoms with Crippen LogP contribution in [-0.2, 0) is 19.1 Å². The number of carbonyl (C=O) groups excluding carboxylic acids is 6. The number of hydrogen-bond acceptors (Lipinski definition) is 15. The number of carbonyl (C=O) groups is 6. The normalized spacial score (nSPS) is 20.2. The molecule has 358 valence electrons. The van der Waals surface area contributed by atoms with E-state index < -0.39 is 59.8 Å². The number of benzene rings is 2. The van der Waals surface area contributed by atoms with E-state index in [1.807, 2.05) is 0 Å². The number of hydrogen-bond donors (Lipinski definition) is 5. The van der Waals surface area contributed by atoms with Crippen LogP contribution < -0.4 is 41.1 Å². The molecule has 8 rings (SSSR count). The van der Waals surface area contributed by atoms with Gasteiger partial charge in [-0.2, -0.15) is 13.8 Å². The molecule has 0 spiro atoms. The quantitative estimate of drug-likeness (QED) is 0.0971. The van der Waals surface area contributed by atoms with E-state index in [1.165, 1.54) is 31.3 Å². The third kappa shape index (κ3) is 10.2. The van der Waals surface area contributed by atoms with Gasteiger partial charge in [-0.1, -0.05) is 18.9 Å². The van der Waals surface area contributed by atoms with Gasteiger partial charge in [0.2, 0.25) is 17.8 Å². The maximum Gasteiger partial charge on any atom is 0.342 e. The van der Waals surface area contributed by atoms with E-state index in [4.69, 9.17) is 9.47 Å². The molecule has 1 saturated carbocycles. The number of methoxy groups -OCH3 is 1. The predicted octanol–water partition coefficient (Wildman–Crippen LogP) is 3.04. The Balaban J connectivity index is 0.749. The lowest BCUT2D eigenvalue weighted by Gasteiger charge is -2.32. The minimum atomic E-state index is -3.64. The van der Waals surface area contributed by atoms with Crippen LogP contribution in [0.4, 0.5) is 42.0 Å². The summed E-state index contributed by atoms with van der Waals surface area (Å²) in [6.45, 7) is 3.82. The molecule has 1 aliphatic carbocycles. The first-order chi connectivity index (χ1) is 32.2. The highest BCUT2D eigenvalue weighted by Gasteiger charge is 2.49. The van der Waals surface area contributed by atoms with Crippen LogP contribution in [0.3, 0.4) is 0 Å². The molecule has 3 fully saturated rings. The molecular weight excluding hydrogens is 880 g/mol. The van der Waals surface area contributed by atoms with Crippen LogP contribution in [0, 0.1) is 5.82 Å². The zero-order chi connectivity index (χ0) is 47.4. The molecule has 67 heavy (non-hydrogen) atoms. The number of nitrogens with one attached hydrogen (secondary N) is 5. The standard InChI is InChI=1S/C45H54F3N11O8/c1-56-34-24-51-44(55-38(34)58(27-6-3-4-7-27)25-45(47,48)43(56)65)53-32-23-30(46)29(22-35(32)66-2)39(61)52-26-12-17-57(18-13-26)19-21-67-20-16-49-14-15-50-31-9-5-8-28-37(31)42(64)59(41(28)63)33-10-11-36(60)54-40(33)62/h5,8-9,22-24,26-27,33,49-50H,3-4,6-7,10-21,25H2,1-2H3,(H,52,61)(H,51,53,55)(H,54,60,62). The maximum atomic E-state index is 15.6. The molecule has 1 atom stereocenters. The monoisotopic (exact) mass is 933 g/mol. The van der Waals surface area contributed by atoms with Crippen molar-refractivity contribution < 1.29 is 51.4 Å². The molecular formula is C45H54F3N11O8. The van der Waals surface area contributed by atoms with Gasteiger partial charge in [-0.25, -0.2) is 9.37 Å². The first-order valence-corrected chi connectivity index (χ1v) is 22.6. The minimum Gasteiger partial charge on any atom is -0.495 e. The van der Waals surface area contributed by atoms with Gasteiger partial charge in [-0.3, -0.25) is 39.0 Å². The fourth-order valence-electron chi connectivity index (χ4n) is 9.30. The lowest BCUT2D eigenvalue weighted by molar-refractivity contribution is -0.140. The molecule has 6 amide bonds. The van der Waals surface area contributed by atoms with E-state index in [1.54, 1.807) is 18.2 Å². The van der Waals surface area contributed by atoms with Crippen molar-refractivity contribution in [2.75, 3.05) is 93.6 Å². The summed E-state index contributed by atoms with van der Waals surface area (Å²) in [5.41, 5.74) is 0.936. The molecule has 19 nitrogen and oxygen atoms in total. The SMILES string of the molecule is COc1cc(C(=O)NC2CCN(CCOCCNCCNc3cccc4c3C(=O)N(C3CCC(=O)NC3=O)C4=O)CC2)c(F)cc1Nc1ncc2c(n1)N(C1CCCC1)CC(F)(F)C(=O)N2C. The van der Waals surface area contributed by atoms with Crippen molar-refractivity contribution in [3.63, 3.8) is 0 Å². The Bertz CT molecular complexity index is 2410. The van der Waals surface area contributed by atoms with Gasteiger partial charge < -0.3 is 45.4 Å². The van der Waals surface area contributed by atoms with E-state index in [0.717, 1.165) is 28.7 Å². The number of nitrogens with zero attached hydrogens (tertiary/aromatic N) is 6. The Kier molecular flexibility index (Phi) is 14.2. The molecule has 2 aromatic carbocycles. The van der Waals surface area contributed by atoms with Crippen molar-refractivity contribution in [1.29, 1.82) is 0 Å². The average Bonchev–Trinajstić information content (AvgIpc) is 3.92. The highest BCUT2D eigenvalue weighted by molar-refractivity contribution is 6.25. The molecule has 0 radical (unpaired) electrons. The second-order valence-corrected chi connectivity index (χ2v) is 17.2. The first-order valence-electron chi connectivity index (χ1n) is 22.6. The van der Waals surface area contributed by atoms with Crippen LogP contribution in [-0.4, -0.2) is 152 Å². The number of imide groups is 2. The zero-order valence-corrected chi connectivity index (χ0v) is 37.3. The topological polar surface area (TPSA) is 220 Å². The lowest BCUT2D eigenvalue weighted by Crippen LogP contribution is -2.54. The van der Waals surface area contributed by atoms with Crippen LogP contribution >= 0.6 is 0 Å². The Morgan fingerprint density at radius 1 is 0.955 bits per heavy atom. The van der Waals surface area contributed by atoms with Gasteiger partial charge in [0.05, 0.1) is 55.4 Å². The molecule has 1 aromatic heterocycles. The van der Waals surface area contributed by atoms with Gasteiger partial charge in [0.15, 0.2) is 5.82 Å². The van der Waals surface area contributed by atoms with Gasteiger partial charge in [-0.05, 0) is 50.3 Å². The van der Waals surface area contributed by atoms with E-state index in [0.29, 0.717) is 83.9 Å². The van der Waals surface area contributed by atoms with Crippen LogP contribution in [0.15, 0.2) is 36.5 Å². The summed E-state index contributed by atoms with van der Waals surface area (Å²) in [6.07, 6.45) is 5.81. The van der Waals surface area contributed by atoms with Crippen molar-refractivity contribution in [3.05, 3.63) is 59.0 Å². The summed E-state index contributed by atoms with van der Waals surface area (Å²) in [7, 11) is 2.63. The van der Waals surface area contributed by atoms with Crippen molar-refractivity contribution in [1.82, 2.24) is 35.7 Å². The van der Waals surface area contributed by atoms with Crippen LogP contribution in [0.25, 0.3) is 0 Å². The van der Waals surface area contributed by atoms with Crippen LogP contribution in [0.2, 0.25) is 0 Å². The van der Waals surface area contributed by atoms with Gasteiger partial charge in [0.1, 0.15) is 23.3 Å².